The number of aliphatic hydroxyl groups excluding tert-OH is 1. The van der Waals surface area contributed by atoms with Crippen LogP contribution >= 0.6 is 0 Å². The Hall–Kier alpha value is 0.122. The topological polar surface area (TPSA) is 125 Å². The summed E-state index contributed by atoms with van der Waals surface area (Å²) in [5.41, 5.74) is -2.73. The minimum Gasteiger partial charge on any atom is -0.456 e. The zero-order chi connectivity index (χ0) is 27.2. The van der Waals surface area contributed by atoms with Crippen LogP contribution in [-0.2, 0) is 19.1 Å². The minimum atomic E-state index is -1.39. The Morgan fingerprint density at radius 3 is 2.30 bits per heavy atom. The standard InChI is InChI=1S/C28H45NO7.Ac/c1-13-10-19-27(33,12-35-19)22-16(4)28(34)11-18(36-24(32)21(30)17(5)29-9)14(2)20(25(28,6)7)15(3)23(31)26(13,22)8;/h13,15-19,21-22,29-30,33-34H,10-12H2,1-9H3;/t13-,15+,16-,17?,18?,19?,21?,22?,26+,27?,28?;/m0./s1. The molecule has 37 heavy (non-hydrogen) atoms. The van der Waals surface area contributed by atoms with Gasteiger partial charge in [0.25, 0.3) is 0 Å². The van der Waals surface area contributed by atoms with Crippen LogP contribution in [0.2, 0.25) is 0 Å². The molecule has 2 saturated carbocycles. The van der Waals surface area contributed by atoms with Crippen molar-refractivity contribution in [2.24, 2.45) is 34.5 Å². The third kappa shape index (κ3) is 4.20. The quantitative estimate of drug-likeness (QED) is 0.256. The molecular formula is C28H45AcNO7. The number of hydrogen-bond donors (Lipinski definition) is 4. The van der Waals surface area contributed by atoms with E-state index in [2.05, 4.69) is 5.32 Å². The van der Waals surface area contributed by atoms with Gasteiger partial charge in [0.1, 0.15) is 17.5 Å². The van der Waals surface area contributed by atoms with E-state index in [0.29, 0.717) is 6.42 Å². The van der Waals surface area contributed by atoms with Gasteiger partial charge in [-0.1, -0.05) is 41.5 Å². The van der Waals surface area contributed by atoms with Crippen molar-refractivity contribution in [3.63, 3.8) is 0 Å². The number of likely N-dealkylation sites (N-methyl/N-ethyl adjacent to an activating group) is 1. The summed E-state index contributed by atoms with van der Waals surface area (Å²) in [6.07, 6.45) is -1.82. The van der Waals surface area contributed by atoms with Gasteiger partial charge in [-0.3, -0.25) is 4.79 Å². The first-order valence-electron chi connectivity index (χ1n) is 13.4. The summed E-state index contributed by atoms with van der Waals surface area (Å²) in [6, 6.07) is -0.507. The van der Waals surface area contributed by atoms with Crippen molar-refractivity contribution < 1.29 is 78.4 Å². The van der Waals surface area contributed by atoms with Gasteiger partial charge < -0.3 is 30.1 Å². The number of fused-ring (bicyclic) bond motifs is 5. The van der Waals surface area contributed by atoms with E-state index in [0.717, 1.165) is 11.1 Å². The maximum Gasteiger partial charge on any atom is 0.337 e. The molecule has 4 rings (SSSR count). The minimum absolute atomic E-state index is 0. The Bertz CT molecular complexity index is 984. The number of Topliss-reactive ketones (excluding diaryl/α,β-unsaturated/α-hetero) is 1. The average molecular weight is 735 g/mol. The van der Waals surface area contributed by atoms with Gasteiger partial charge in [0.2, 0.25) is 0 Å². The van der Waals surface area contributed by atoms with Crippen LogP contribution in [0.4, 0.5) is 0 Å². The summed E-state index contributed by atoms with van der Waals surface area (Å²) in [4.78, 5) is 27.3. The van der Waals surface area contributed by atoms with Gasteiger partial charge in [0.05, 0.1) is 18.3 Å². The zero-order valence-electron chi connectivity index (χ0n) is 23.8. The van der Waals surface area contributed by atoms with Crippen molar-refractivity contribution in [1.82, 2.24) is 5.32 Å². The molecule has 4 aliphatic rings. The van der Waals surface area contributed by atoms with E-state index < -0.39 is 64.0 Å². The molecule has 7 unspecified atom stereocenters. The molecule has 0 spiro atoms. The Kier molecular flexibility index (Phi) is 8.72. The third-order valence-corrected chi connectivity index (χ3v) is 11.0. The molecule has 1 saturated heterocycles. The van der Waals surface area contributed by atoms with Gasteiger partial charge in [0.15, 0.2) is 6.10 Å². The molecule has 9 heteroatoms. The summed E-state index contributed by atoms with van der Waals surface area (Å²) in [5.74, 6) is -2.34. The molecule has 4 N–H and O–H groups in total. The molecule has 0 aromatic rings. The number of carbonyl (C=O) groups excluding carboxylic acids is 2. The monoisotopic (exact) mass is 734 g/mol. The number of nitrogens with one attached hydrogen (secondary N) is 1. The van der Waals surface area contributed by atoms with Gasteiger partial charge in [-0.2, -0.15) is 0 Å². The molecule has 0 aromatic heterocycles. The van der Waals surface area contributed by atoms with Crippen molar-refractivity contribution in [3.8, 4) is 0 Å². The predicted molar refractivity (Wildman–Crippen MR) is 134 cm³/mol. The molecule has 0 aromatic carbocycles. The molecule has 3 fully saturated rings. The van der Waals surface area contributed by atoms with E-state index in [1.54, 1.807) is 14.0 Å². The number of ether oxygens (including phenoxy) is 2. The summed E-state index contributed by atoms with van der Waals surface area (Å²) in [5, 5.41) is 37.8. The Balaban J connectivity index is 0.00000380. The third-order valence-electron chi connectivity index (χ3n) is 11.0. The molecule has 207 valence electrons. The van der Waals surface area contributed by atoms with Crippen LogP contribution in [0.3, 0.4) is 0 Å². The fraction of sp³-hybridized carbons (Fsp3) is 0.857. The molecule has 3 aliphatic carbocycles. The predicted octanol–water partition coefficient (Wildman–Crippen LogP) is 1.99. The van der Waals surface area contributed by atoms with E-state index in [1.807, 2.05) is 48.5 Å². The summed E-state index contributed by atoms with van der Waals surface area (Å²) in [6.45, 7) is 15.4. The smallest absolute Gasteiger partial charge is 0.337 e. The summed E-state index contributed by atoms with van der Waals surface area (Å²) >= 11 is 0. The van der Waals surface area contributed by atoms with Crippen molar-refractivity contribution in [3.05, 3.63) is 11.1 Å². The van der Waals surface area contributed by atoms with Crippen LogP contribution in [0, 0.1) is 78.6 Å². The molecule has 8 nitrogen and oxygen atoms in total. The van der Waals surface area contributed by atoms with Crippen molar-refractivity contribution in [2.75, 3.05) is 13.7 Å². The maximum absolute atomic E-state index is 14.4. The van der Waals surface area contributed by atoms with Crippen molar-refractivity contribution >= 4 is 11.8 Å². The van der Waals surface area contributed by atoms with Crippen LogP contribution in [0.5, 0.6) is 0 Å². The SMILES string of the molecule is CNC(C)C(O)C(=O)OC1CC2(O)[C@@H](C)C3C4(O)COC4C[C@H](C)[C@@]3(C)C(=O)[C@H](C)C(=C1C)C2(C)C.[Ac]. The van der Waals surface area contributed by atoms with Crippen LogP contribution in [0.15, 0.2) is 11.1 Å². The molecule has 1 aliphatic heterocycles. The van der Waals surface area contributed by atoms with Crippen LogP contribution in [0.25, 0.3) is 0 Å². The number of aliphatic hydroxyl groups is 3. The number of rotatable bonds is 4. The molecule has 2 bridgehead atoms. The molecule has 11 atom stereocenters. The zero-order valence-corrected chi connectivity index (χ0v) is 28.5. The van der Waals surface area contributed by atoms with Gasteiger partial charge >= 0.3 is 5.97 Å². The van der Waals surface area contributed by atoms with Crippen LogP contribution in [0.1, 0.15) is 68.2 Å². The number of hydrogen-bond acceptors (Lipinski definition) is 8. The van der Waals surface area contributed by atoms with Crippen LogP contribution in [-0.4, -0.2) is 76.3 Å². The first kappa shape index (κ1) is 31.6. The van der Waals surface area contributed by atoms with Gasteiger partial charge in [-0.25, -0.2) is 4.79 Å². The van der Waals surface area contributed by atoms with E-state index in [4.69, 9.17) is 9.47 Å². The Labute approximate surface area is 256 Å². The second-order valence-electron chi connectivity index (χ2n) is 12.9. The molecule has 1 heterocycles. The van der Waals surface area contributed by atoms with Crippen molar-refractivity contribution in [1.29, 1.82) is 0 Å². The second-order valence-corrected chi connectivity index (χ2v) is 12.9. The normalized spacial score (nSPS) is 46.2. The largest absolute Gasteiger partial charge is 0.456 e. The first-order chi connectivity index (χ1) is 16.5. The number of esters is 1. The summed E-state index contributed by atoms with van der Waals surface area (Å²) in [7, 11) is 1.65. The number of ketones is 1. The Morgan fingerprint density at radius 1 is 1.19 bits per heavy atom. The van der Waals surface area contributed by atoms with E-state index in [9.17, 15) is 24.9 Å². The maximum atomic E-state index is 14.4. The first-order valence-corrected chi connectivity index (χ1v) is 13.4. The van der Waals surface area contributed by atoms with Gasteiger partial charge in [0, 0.05) is 79.2 Å². The van der Waals surface area contributed by atoms with E-state index in [-0.39, 0.29) is 74.9 Å². The van der Waals surface area contributed by atoms with Crippen LogP contribution < -0.4 is 5.32 Å². The Morgan fingerprint density at radius 2 is 1.78 bits per heavy atom. The van der Waals surface area contributed by atoms with Crippen molar-refractivity contribution in [2.45, 2.75) is 104 Å². The molecular weight excluding hydrogens is 689 g/mol. The van der Waals surface area contributed by atoms with Gasteiger partial charge in [-0.15, -0.1) is 0 Å². The molecule has 1 radical (unpaired) electrons. The fourth-order valence-corrected chi connectivity index (χ4v) is 8.48. The van der Waals surface area contributed by atoms with E-state index >= 15 is 0 Å². The molecule has 0 amide bonds. The fourth-order valence-electron chi connectivity index (χ4n) is 8.48. The van der Waals surface area contributed by atoms with E-state index in [1.165, 1.54) is 0 Å². The summed E-state index contributed by atoms with van der Waals surface area (Å²) < 4.78 is 11.6. The van der Waals surface area contributed by atoms with Gasteiger partial charge in [-0.05, 0) is 50.3 Å². The number of carbonyl (C=O) groups is 2. The second kappa shape index (κ2) is 10.2. The average Bonchev–Trinajstić information content (AvgIpc) is 2.81.